The molecule has 0 fully saturated rings. The predicted molar refractivity (Wildman–Crippen MR) is 75.8 cm³/mol. The second-order valence-corrected chi connectivity index (χ2v) is 5.09. The van der Waals surface area contributed by atoms with E-state index in [1.54, 1.807) is 0 Å². The molecule has 1 aromatic carbocycles. The van der Waals surface area contributed by atoms with Crippen molar-refractivity contribution >= 4 is 5.82 Å². The highest BCUT2D eigenvalue weighted by molar-refractivity contribution is 5.47. The van der Waals surface area contributed by atoms with Crippen LogP contribution >= 0.6 is 0 Å². The third kappa shape index (κ3) is 2.77. The molecule has 20 heavy (non-hydrogen) atoms. The predicted octanol–water partition coefficient (Wildman–Crippen LogP) is 2.22. The van der Waals surface area contributed by atoms with Gasteiger partial charge in [0.2, 0.25) is 0 Å². The highest BCUT2D eigenvalue weighted by Crippen LogP contribution is 2.23. The first-order valence-corrected chi connectivity index (χ1v) is 6.74. The maximum absolute atomic E-state index is 13.5. The maximum Gasteiger partial charge on any atom is 0.310 e. The maximum atomic E-state index is 13.5. The fraction of sp³-hybridized carbons (Fsp3) is 0.333. The summed E-state index contributed by atoms with van der Waals surface area (Å²) in [6, 6.07) is 10.0. The molecule has 0 spiro atoms. The van der Waals surface area contributed by atoms with Crippen molar-refractivity contribution < 1.29 is 4.39 Å². The number of rotatable bonds is 3. The molecule has 0 saturated carbocycles. The molecule has 0 aliphatic carbocycles. The summed E-state index contributed by atoms with van der Waals surface area (Å²) in [6.45, 7) is 2.26. The van der Waals surface area contributed by atoms with Crippen LogP contribution in [0.5, 0.6) is 0 Å². The summed E-state index contributed by atoms with van der Waals surface area (Å²) >= 11 is 0. The molecule has 1 aliphatic rings. The summed E-state index contributed by atoms with van der Waals surface area (Å²) in [6.07, 6.45) is 0.193. The molecule has 0 bridgehead atoms. The minimum absolute atomic E-state index is 0.629. The molecule has 0 unspecified atom stereocenters. The van der Waals surface area contributed by atoms with E-state index in [4.69, 9.17) is 0 Å². The summed E-state index contributed by atoms with van der Waals surface area (Å²) in [7, 11) is 2.01. The highest BCUT2D eigenvalue weighted by Gasteiger charge is 2.20. The van der Waals surface area contributed by atoms with Gasteiger partial charge in [0.05, 0.1) is 5.69 Å². The molecule has 104 valence electrons. The van der Waals surface area contributed by atoms with Crippen molar-refractivity contribution in [2.45, 2.75) is 19.5 Å². The number of halogens is 1. The summed E-state index contributed by atoms with van der Waals surface area (Å²) in [5, 5.41) is 3.24. The molecule has 4 nitrogen and oxygen atoms in total. The Bertz CT molecular complexity index is 600. The van der Waals surface area contributed by atoms with Crippen molar-refractivity contribution in [3.63, 3.8) is 0 Å². The SMILES string of the molecule is CN1CCc2c(nc(F)nc2NCc2ccccc2)C1. The standard InChI is InChI=1S/C15H17FN4/c1-20-8-7-12-13(10-20)18-15(16)19-14(12)17-9-11-5-3-2-4-6-11/h2-6H,7-10H2,1H3,(H,17,18,19). The Morgan fingerprint density at radius 1 is 1.25 bits per heavy atom. The van der Waals surface area contributed by atoms with Crippen LogP contribution in [0.25, 0.3) is 0 Å². The fourth-order valence-electron chi connectivity index (χ4n) is 2.46. The molecule has 5 heteroatoms. The minimum Gasteiger partial charge on any atom is -0.366 e. The fourth-order valence-corrected chi connectivity index (χ4v) is 2.46. The van der Waals surface area contributed by atoms with Crippen molar-refractivity contribution in [2.75, 3.05) is 18.9 Å². The zero-order chi connectivity index (χ0) is 13.9. The zero-order valence-electron chi connectivity index (χ0n) is 11.4. The Balaban J connectivity index is 1.82. The van der Waals surface area contributed by atoms with E-state index in [-0.39, 0.29) is 0 Å². The largest absolute Gasteiger partial charge is 0.366 e. The van der Waals surface area contributed by atoms with E-state index >= 15 is 0 Å². The van der Waals surface area contributed by atoms with Crippen molar-refractivity contribution in [3.05, 3.63) is 53.2 Å². The average molecular weight is 272 g/mol. The second kappa shape index (κ2) is 5.54. The molecule has 3 rings (SSSR count). The van der Waals surface area contributed by atoms with Crippen LogP contribution in [0.3, 0.4) is 0 Å². The number of nitrogens with zero attached hydrogens (tertiary/aromatic N) is 3. The molecule has 0 atom stereocenters. The van der Waals surface area contributed by atoms with E-state index in [0.29, 0.717) is 18.9 Å². The lowest BCUT2D eigenvalue weighted by Gasteiger charge is -2.25. The van der Waals surface area contributed by atoms with Gasteiger partial charge in [-0.05, 0) is 19.0 Å². The second-order valence-electron chi connectivity index (χ2n) is 5.09. The number of anilines is 1. The van der Waals surface area contributed by atoms with Gasteiger partial charge in [0.1, 0.15) is 5.82 Å². The molecular formula is C15H17FN4. The molecule has 0 radical (unpaired) electrons. The van der Waals surface area contributed by atoms with Gasteiger partial charge in [-0.25, -0.2) is 4.98 Å². The monoisotopic (exact) mass is 272 g/mol. The summed E-state index contributed by atoms with van der Waals surface area (Å²) in [5.74, 6) is 0.629. The van der Waals surface area contributed by atoms with Crippen LogP contribution in [0.1, 0.15) is 16.8 Å². The van der Waals surface area contributed by atoms with E-state index < -0.39 is 6.08 Å². The van der Waals surface area contributed by atoms with Gasteiger partial charge in [-0.2, -0.15) is 9.37 Å². The van der Waals surface area contributed by atoms with Gasteiger partial charge in [-0.3, -0.25) is 0 Å². The summed E-state index contributed by atoms with van der Waals surface area (Å²) in [4.78, 5) is 9.97. The van der Waals surface area contributed by atoms with Gasteiger partial charge >= 0.3 is 6.08 Å². The Morgan fingerprint density at radius 3 is 2.85 bits per heavy atom. The first-order valence-electron chi connectivity index (χ1n) is 6.74. The van der Waals surface area contributed by atoms with Crippen LogP contribution in [-0.4, -0.2) is 28.5 Å². The minimum atomic E-state index is -0.658. The Kier molecular flexibility index (Phi) is 3.60. The number of nitrogens with one attached hydrogen (secondary N) is 1. The van der Waals surface area contributed by atoms with Crippen LogP contribution in [0.15, 0.2) is 30.3 Å². The quantitative estimate of drug-likeness (QED) is 0.870. The van der Waals surface area contributed by atoms with E-state index in [0.717, 1.165) is 29.8 Å². The highest BCUT2D eigenvalue weighted by atomic mass is 19.1. The van der Waals surface area contributed by atoms with Gasteiger partial charge in [0, 0.05) is 25.2 Å². The van der Waals surface area contributed by atoms with Crippen molar-refractivity contribution in [2.24, 2.45) is 0 Å². The normalized spacial score (nSPS) is 14.9. The molecule has 2 heterocycles. The molecule has 2 aromatic rings. The summed E-state index contributed by atoms with van der Waals surface area (Å²) < 4.78 is 13.5. The van der Waals surface area contributed by atoms with Crippen molar-refractivity contribution in [3.8, 4) is 0 Å². The molecule has 0 saturated heterocycles. The van der Waals surface area contributed by atoms with Crippen LogP contribution in [0, 0.1) is 6.08 Å². The Hall–Kier alpha value is -2.01. The third-order valence-electron chi connectivity index (χ3n) is 3.53. The van der Waals surface area contributed by atoms with Crippen LogP contribution in [0.4, 0.5) is 10.2 Å². The van der Waals surface area contributed by atoms with Crippen LogP contribution in [-0.2, 0) is 19.5 Å². The lowest BCUT2D eigenvalue weighted by atomic mass is 10.1. The van der Waals surface area contributed by atoms with E-state index in [2.05, 4.69) is 20.2 Å². The number of likely N-dealkylation sites (N-methyl/N-ethyl adjacent to an activating group) is 1. The lowest BCUT2D eigenvalue weighted by molar-refractivity contribution is 0.303. The number of hydrogen-bond donors (Lipinski definition) is 1. The van der Waals surface area contributed by atoms with E-state index in [1.165, 1.54) is 0 Å². The van der Waals surface area contributed by atoms with Gasteiger partial charge in [0.25, 0.3) is 0 Å². The molecule has 1 aromatic heterocycles. The molecular weight excluding hydrogens is 255 g/mol. The van der Waals surface area contributed by atoms with Crippen molar-refractivity contribution in [1.29, 1.82) is 0 Å². The number of aromatic nitrogens is 2. The Labute approximate surface area is 117 Å². The van der Waals surface area contributed by atoms with Crippen molar-refractivity contribution in [1.82, 2.24) is 14.9 Å². The molecule has 1 aliphatic heterocycles. The van der Waals surface area contributed by atoms with Gasteiger partial charge in [-0.1, -0.05) is 30.3 Å². The number of fused-ring (bicyclic) bond motifs is 1. The number of hydrogen-bond acceptors (Lipinski definition) is 4. The first-order chi connectivity index (χ1) is 9.72. The van der Waals surface area contributed by atoms with E-state index in [1.807, 2.05) is 37.4 Å². The van der Waals surface area contributed by atoms with E-state index in [9.17, 15) is 4.39 Å². The van der Waals surface area contributed by atoms with Crippen LogP contribution in [0.2, 0.25) is 0 Å². The topological polar surface area (TPSA) is 41.1 Å². The smallest absolute Gasteiger partial charge is 0.310 e. The molecule has 1 N–H and O–H groups in total. The zero-order valence-corrected chi connectivity index (χ0v) is 11.4. The average Bonchev–Trinajstić information content (AvgIpc) is 2.45. The van der Waals surface area contributed by atoms with Gasteiger partial charge in [-0.15, -0.1) is 0 Å². The van der Waals surface area contributed by atoms with Gasteiger partial charge in [0.15, 0.2) is 0 Å². The number of benzene rings is 1. The first kappa shape index (κ1) is 13.0. The van der Waals surface area contributed by atoms with Gasteiger partial charge < -0.3 is 10.2 Å². The summed E-state index contributed by atoms with van der Waals surface area (Å²) in [5.41, 5.74) is 2.98. The lowest BCUT2D eigenvalue weighted by Crippen LogP contribution is -2.29. The Morgan fingerprint density at radius 2 is 2.05 bits per heavy atom. The van der Waals surface area contributed by atoms with Crippen LogP contribution < -0.4 is 5.32 Å². The molecule has 0 amide bonds. The third-order valence-corrected chi connectivity index (χ3v) is 3.53.